The largest absolute Gasteiger partial charge is 0.479 e. The van der Waals surface area contributed by atoms with Gasteiger partial charge in [0.1, 0.15) is 0 Å². The number of carboxylic acid groups (broad SMARTS) is 1. The average Bonchev–Trinajstić information content (AvgIpc) is 2.51. The van der Waals surface area contributed by atoms with Crippen molar-refractivity contribution in [1.82, 2.24) is 15.1 Å². The van der Waals surface area contributed by atoms with E-state index < -0.39 is 11.6 Å². The van der Waals surface area contributed by atoms with Crippen LogP contribution in [0.15, 0.2) is 0 Å². The van der Waals surface area contributed by atoms with E-state index in [-0.39, 0.29) is 12.6 Å². The number of nitrogens with one attached hydrogen (secondary N) is 1. The zero-order chi connectivity index (χ0) is 13.8. The van der Waals surface area contributed by atoms with Crippen molar-refractivity contribution in [1.29, 1.82) is 0 Å². The normalized spacial score (nSPS) is 20.9. The predicted molar refractivity (Wildman–Crippen MR) is 65.3 cm³/mol. The maximum atomic E-state index is 11.8. The van der Waals surface area contributed by atoms with Gasteiger partial charge in [-0.1, -0.05) is 0 Å². The van der Waals surface area contributed by atoms with Crippen LogP contribution in [0.1, 0.15) is 13.3 Å². The van der Waals surface area contributed by atoms with Gasteiger partial charge in [0.05, 0.1) is 6.54 Å². The number of aliphatic carboxylic acids is 1. The summed E-state index contributed by atoms with van der Waals surface area (Å²) in [5, 5.41) is 20.7. The number of hydrogen-bond acceptors (Lipinski definition) is 4. The Morgan fingerprint density at radius 3 is 2.56 bits per heavy atom. The molecule has 7 nitrogen and oxygen atoms in total. The second-order valence-corrected chi connectivity index (χ2v) is 4.88. The summed E-state index contributed by atoms with van der Waals surface area (Å²) >= 11 is 0. The number of likely N-dealkylation sites (N-methyl/N-ethyl adjacent to an activating group) is 1. The Morgan fingerprint density at radius 1 is 1.28 bits per heavy atom. The molecule has 3 N–H and O–H groups in total. The summed E-state index contributed by atoms with van der Waals surface area (Å²) < 4.78 is 0. The van der Waals surface area contributed by atoms with Crippen LogP contribution in [0, 0.1) is 0 Å². The first-order valence-corrected chi connectivity index (χ1v) is 6.00. The molecule has 0 radical (unpaired) electrons. The first kappa shape index (κ1) is 14.7. The van der Waals surface area contributed by atoms with Crippen LogP contribution in [0.4, 0.5) is 4.79 Å². The standard InChI is InChI=1S/C11H21N3O4/c1-11(18,9(15)16)8-12-10(17)14-5-3-4-13(2)6-7-14/h18H,3-8H2,1-2H3,(H,12,17)(H,15,16). The van der Waals surface area contributed by atoms with Gasteiger partial charge in [-0.3, -0.25) is 0 Å². The maximum Gasteiger partial charge on any atom is 0.337 e. The Bertz CT molecular complexity index is 319. The number of amides is 2. The molecule has 1 fully saturated rings. The Balaban J connectivity index is 2.43. The van der Waals surface area contributed by atoms with Gasteiger partial charge in [0.2, 0.25) is 0 Å². The fourth-order valence-corrected chi connectivity index (χ4v) is 1.68. The molecule has 1 aliphatic rings. The van der Waals surface area contributed by atoms with Gasteiger partial charge in [0.25, 0.3) is 0 Å². The molecule has 1 heterocycles. The highest BCUT2D eigenvalue weighted by Gasteiger charge is 2.31. The lowest BCUT2D eigenvalue weighted by Crippen LogP contribution is -2.50. The van der Waals surface area contributed by atoms with Crippen molar-refractivity contribution in [2.75, 3.05) is 39.8 Å². The maximum absolute atomic E-state index is 11.8. The molecule has 0 spiro atoms. The molecule has 0 aromatic carbocycles. The Labute approximate surface area is 106 Å². The highest BCUT2D eigenvalue weighted by atomic mass is 16.4. The third-order valence-electron chi connectivity index (χ3n) is 3.05. The summed E-state index contributed by atoms with van der Waals surface area (Å²) in [6.07, 6.45) is 0.888. The summed E-state index contributed by atoms with van der Waals surface area (Å²) in [7, 11) is 2.00. The molecule has 1 rings (SSSR count). The minimum absolute atomic E-state index is 0.298. The van der Waals surface area contributed by atoms with E-state index in [9.17, 15) is 14.7 Å². The minimum Gasteiger partial charge on any atom is -0.479 e. The molecule has 1 atom stereocenters. The molecule has 1 unspecified atom stereocenters. The smallest absolute Gasteiger partial charge is 0.337 e. The van der Waals surface area contributed by atoms with Crippen LogP contribution in [0.25, 0.3) is 0 Å². The predicted octanol–water partition coefficient (Wildman–Crippen LogP) is -0.831. The Morgan fingerprint density at radius 2 is 1.94 bits per heavy atom. The molecule has 1 saturated heterocycles. The summed E-state index contributed by atoms with van der Waals surface area (Å²) in [6.45, 7) is 3.85. The van der Waals surface area contributed by atoms with Crippen LogP contribution in [0.3, 0.4) is 0 Å². The molecule has 104 valence electrons. The lowest BCUT2D eigenvalue weighted by molar-refractivity contribution is -0.155. The summed E-state index contributed by atoms with van der Waals surface area (Å²) in [4.78, 5) is 26.3. The molecular weight excluding hydrogens is 238 g/mol. The first-order chi connectivity index (χ1) is 8.33. The van der Waals surface area contributed by atoms with Crippen molar-refractivity contribution in [3.05, 3.63) is 0 Å². The van der Waals surface area contributed by atoms with Crippen LogP contribution in [0.5, 0.6) is 0 Å². The zero-order valence-electron chi connectivity index (χ0n) is 10.8. The van der Waals surface area contributed by atoms with Gasteiger partial charge in [-0.05, 0) is 26.9 Å². The summed E-state index contributed by atoms with van der Waals surface area (Å²) in [6, 6.07) is -0.327. The lowest BCUT2D eigenvalue weighted by Gasteiger charge is -2.24. The van der Waals surface area contributed by atoms with Gasteiger partial charge in [-0.25, -0.2) is 9.59 Å². The molecule has 0 aromatic heterocycles. The molecule has 18 heavy (non-hydrogen) atoms. The van der Waals surface area contributed by atoms with Gasteiger partial charge in [-0.15, -0.1) is 0 Å². The van der Waals surface area contributed by atoms with Crippen LogP contribution in [0.2, 0.25) is 0 Å². The van der Waals surface area contributed by atoms with E-state index in [1.807, 2.05) is 7.05 Å². The quantitative estimate of drug-likeness (QED) is 0.615. The molecule has 2 amide bonds. The SMILES string of the molecule is CN1CCCN(C(=O)NCC(C)(O)C(=O)O)CC1. The number of aliphatic hydroxyl groups is 1. The van der Waals surface area contributed by atoms with E-state index in [1.54, 1.807) is 4.90 Å². The zero-order valence-corrected chi connectivity index (χ0v) is 10.8. The Hall–Kier alpha value is -1.34. The van der Waals surface area contributed by atoms with E-state index >= 15 is 0 Å². The minimum atomic E-state index is -1.93. The molecule has 1 aliphatic heterocycles. The molecule has 0 saturated carbocycles. The number of carbonyl (C=O) groups excluding carboxylic acids is 1. The van der Waals surface area contributed by atoms with Crippen molar-refractivity contribution >= 4 is 12.0 Å². The van der Waals surface area contributed by atoms with Gasteiger partial charge in [0.15, 0.2) is 5.60 Å². The van der Waals surface area contributed by atoms with E-state index in [2.05, 4.69) is 10.2 Å². The lowest BCUT2D eigenvalue weighted by atomic mass is 10.1. The number of nitrogens with zero attached hydrogens (tertiary/aromatic N) is 2. The van der Waals surface area contributed by atoms with E-state index in [0.29, 0.717) is 13.1 Å². The molecular formula is C11H21N3O4. The molecule has 0 aliphatic carbocycles. The average molecular weight is 259 g/mol. The first-order valence-electron chi connectivity index (χ1n) is 6.00. The van der Waals surface area contributed by atoms with Crippen LogP contribution in [-0.4, -0.2) is 77.4 Å². The fourth-order valence-electron chi connectivity index (χ4n) is 1.68. The number of carboxylic acids is 1. The van der Waals surface area contributed by atoms with Gasteiger partial charge in [0, 0.05) is 19.6 Å². The Kier molecular flexibility index (Phi) is 4.92. The second-order valence-electron chi connectivity index (χ2n) is 4.88. The molecule has 0 bridgehead atoms. The molecule has 7 heteroatoms. The van der Waals surface area contributed by atoms with E-state index in [0.717, 1.165) is 26.4 Å². The van der Waals surface area contributed by atoms with Gasteiger partial charge < -0.3 is 25.3 Å². The highest BCUT2D eigenvalue weighted by Crippen LogP contribution is 2.04. The van der Waals surface area contributed by atoms with E-state index in [1.165, 1.54) is 0 Å². The van der Waals surface area contributed by atoms with E-state index in [4.69, 9.17) is 5.11 Å². The van der Waals surface area contributed by atoms with Gasteiger partial charge >= 0.3 is 12.0 Å². The van der Waals surface area contributed by atoms with Gasteiger partial charge in [-0.2, -0.15) is 0 Å². The van der Waals surface area contributed by atoms with Crippen molar-refractivity contribution < 1.29 is 19.8 Å². The van der Waals surface area contributed by atoms with Crippen LogP contribution in [-0.2, 0) is 4.79 Å². The third-order valence-corrected chi connectivity index (χ3v) is 3.05. The number of rotatable bonds is 3. The third kappa shape index (κ3) is 4.15. The monoisotopic (exact) mass is 259 g/mol. The van der Waals surface area contributed by atoms with Crippen LogP contribution < -0.4 is 5.32 Å². The summed E-state index contributed by atoms with van der Waals surface area (Å²) in [5.74, 6) is -1.35. The highest BCUT2D eigenvalue weighted by molar-refractivity contribution is 5.79. The topological polar surface area (TPSA) is 93.1 Å². The second kappa shape index (κ2) is 6.01. The summed E-state index contributed by atoms with van der Waals surface area (Å²) in [5.41, 5.74) is -1.93. The van der Waals surface area contributed by atoms with Crippen LogP contribution >= 0.6 is 0 Å². The van der Waals surface area contributed by atoms with Crippen molar-refractivity contribution in [2.24, 2.45) is 0 Å². The fraction of sp³-hybridized carbons (Fsp3) is 0.818. The number of hydrogen-bond donors (Lipinski definition) is 3. The molecule has 0 aromatic rings. The van der Waals surface area contributed by atoms with Crippen molar-refractivity contribution in [2.45, 2.75) is 18.9 Å². The van der Waals surface area contributed by atoms with Crippen molar-refractivity contribution in [3.8, 4) is 0 Å². The number of carbonyl (C=O) groups is 2. The van der Waals surface area contributed by atoms with Crippen molar-refractivity contribution in [3.63, 3.8) is 0 Å². The number of urea groups is 1.